The molecular formula is C19H24N2O. The summed E-state index contributed by atoms with van der Waals surface area (Å²) >= 11 is 0. The second kappa shape index (κ2) is 6.91. The van der Waals surface area contributed by atoms with Crippen LogP contribution in [0, 0.1) is 5.92 Å². The molecule has 2 aromatic rings. The number of benzene rings is 1. The molecule has 1 atom stereocenters. The van der Waals surface area contributed by atoms with E-state index in [1.165, 1.54) is 24.1 Å². The number of aryl methyl sites for hydroxylation is 1. The largest absolute Gasteiger partial charge is 0.494 e. The Morgan fingerprint density at radius 2 is 2.00 bits per heavy atom. The second-order valence-electron chi connectivity index (χ2n) is 6.06. The summed E-state index contributed by atoms with van der Waals surface area (Å²) in [7, 11) is 0. The number of fused-ring (bicyclic) bond motifs is 1. The third kappa shape index (κ3) is 3.29. The number of hydrogen-bond donors (Lipinski definition) is 0. The van der Waals surface area contributed by atoms with Crippen LogP contribution in [0.25, 0.3) is 11.4 Å². The van der Waals surface area contributed by atoms with E-state index in [0.29, 0.717) is 0 Å². The number of aromatic nitrogens is 2. The van der Waals surface area contributed by atoms with Crippen molar-refractivity contribution >= 4 is 0 Å². The van der Waals surface area contributed by atoms with Crippen molar-refractivity contribution < 1.29 is 4.74 Å². The van der Waals surface area contributed by atoms with Gasteiger partial charge in [0.05, 0.1) is 6.61 Å². The van der Waals surface area contributed by atoms with Crippen LogP contribution in [0.1, 0.15) is 44.4 Å². The molecule has 3 heteroatoms. The molecule has 0 saturated carbocycles. The summed E-state index contributed by atoms with van der Waals surface area (Å²) in [4.78, 5) is 9.36. The lowest BCUT2D eigenvalue weighted by Crippen LogP contribution is -2.15. The Morgan fingerprint density at radius 3 is 2.73 bits per heavy atom. The van der Waals surface area contributed by atoms with Gasteiger partial charge in [-0.3, -0.25) is 0 Å². The zero-order valence-corrected chi connectivity index (χ0v) is 13.5. The summed E-state index contributed by atoms with van der Waals surface area (Å²) in [6.07, 6.45) is 7.77. The first-order chi connectivity index (χ1) is 10.8. The fraction of sp³-hybridized carbons (Fsp3) is 0.474. The lowest BCUT2D eigenvalue weighted by atomic mass is 9.86. The molecule has 1 aromatic heterocycles. The highest BCUT2D eigenvalue weighted by Gasteiger charge is 2.19. The maximum Gasteiger partial charge on any atom is 0.159 e. The van der Waals surface area contributed by atoms with Crippen molar-refractivity contribution in [2.24, 2.45) is 5.92 Å². The molecule has 1 unspecified atom stereocenters. The highest BCUT2D eigenvalue weighted by Crippen LogP contribution is 2.28. The van der Waals surface area contributed by atoms with Gasteiger partial charge in [0, 0.05) is 17.5 Å². The predicted molar refractivity (Wildman–Crippen MR) is 89.1 cm³/mol. The molecule has 0 bridgehead atoms. The molecule has 1 heterocycles. The van der Waals surface area contributed by atoms with Crippen molar-refractivity contribution in [3.8, 4) is 17.1 Å². The van der Waals surface area contributed by atoms with Crippen molar-refractivity contribution in [1.29, 1.82) is 0 Å². The SMILES string of the molecule is CCCOc1ccc(-c2ncc3c(n2)CCC(CC)C3)cc1. The molecule has 1 aliphatic rings. The molecule has 0 spiro atoms. The number of nitrogens with zero attached hydrogens (tertiary/aromatic N) is 2. The molecule has 1 aromatic carbocycles. The topological polar surface area (TPSA) is 35.0 Å². The van der Waals surface area contributed by atoms with Crippen LogP contribution in [0.5, 0.6) is 5.75 Å². The Kier molecular flexibility index (Phi) is 4.71. The summed E-state index contributed by atoms with van der Waals surface area (Å²) in [5.41, 5.74) is 3.63. The van der Waals surface area contributed by atoms with Gasteiger partial charge in [-0.15, -0.1) is 0 Å². The standard InChI is InChI=1S/C19H24N2O/c1-3-11-22-17-8-6-15(7-9-17)19-20-13-16-12-14(4-2)5-10-18(16)21-19/h6-9,13-14H,3-5,10-12H2,1-2H3. The van der Waals surface area contributed by atoms with Crippen LogP contribution < -0.4 is 4.74 Å². The van der Waals surface area contributed by atoms with E-state index >= 15 is 0 Å². The zero-order chi connectivity index (χ0) is 15.4. The minimum Gasteiger partial charge on any atom is -0.494 e. The predicted octanol–water partition coefficient (Wildman–Crippen LogP) is 4.45. The van der Waals surface area contributed by atoms with Crippen molar-refractivity contribution in [3.63, 3.8) is 0 Å². The normalized spacial score (nSPS) is 17.1. The van der Waals surface area contributed by atoms with Gasteiger partial charge in [-0.1, -0.05) is 20.3 Å². The van der Waals surface area contributed by atoms with E-state index in [9.17, 15) is 0 Å². The van der Waals surface area contributed by atoms with E-state index < -0.39 is 0 Å². The van der Waals surface area contributed by atoms with Gasteiger partial charge in [0.1, 0.15) is 5.75 Å². The van der Waals surface area contributed by atoms with E-state index in [2.05, 4.69) is 18.8 Å². The van der Waals surface area contributed by atoms with E-state index in [0.717, 1.165) is 48.9 Å². The zero-order valence-electron chi connectivity index (χ0n) is 13.5. The van der Waals surface area contributed by atoms with Gasteiger partial charge in [-0.2, -0.15) is 0 Å². The average Bonchev–Trinajstić information content (AvgIpc) is 2.59. The Labute approximate surface area is 132 Å². The highest BCUT2D eigenvalue weighted by atomic mass is 16.5. The van der Waals surface area contributed by atoms with Gasteiger partial charge in [0.25, 0.3) is 0 Å². The summed E-state index contributed by atoms with van der Waals surface area (Å²) in [5, 5.41) is 0. The molecule has 0 radical (unpaired) electrons. The van der Waals surface area contributed by atoms with Crippen LogP contribution in [-0.2, 0) is 12.8 Å². The molecule has 116 valence electrons. The van der Waals surface area contributed by atoms with Gasteiger partial charge in [-0.05, 0) is 61.4 Å². The fourth-order valence-electron chi connectivity index (χ4n) is 2.99. The van der Waals surface area contributed by atoms with Crippen LogP contribution in [0.3, 0.4) is 0 Å². The van der Waals surface area contributed by atoms with Gasteiger partial charge < -0.3 is 4.74 Å². The van der Waals surface area contributed by atoms with E-state index in [4.69, 9.17) is 9.72 Å². The lowest BCUT2D eigenvalue weighted by molar-refractivity contribution is 0.317. The summed E-state index contributed by atoms with van der Waals surface area (Å²) in [5.74, 6) is 2.54. The maximum absolute atomic E-state index is 5.62. The smallest absolute Gasteiger partial charge is 0.159 e. The van der Waals surface area contributed by atoms with Gasteiger partial charge >= 0.3 is 0 Å². The summed E-state index contributed by atoms with van der Waals surface area (Å²) < 4.78 is 5.62. The molecule has 22 heavy (non-hydrogen) atoms. The molecule has 0 aliphatic heterocycles. The molecule has 0 saturated heterocycles. The second-order valence-corrected chi connectivity index (χ2v) is 6.06. The van der Waals surface area contributed by atoms with E-state index in [-0.39, 0.29) is 0 Å². The molecule has 0 amide bonds. The quantitative estimate of drug-likeness (QED) is 0.817. The molecule has 0 fully saturated rings. The molecular weight excluding hydrogens is 272 g/mol. The van der Waals surface area contributed by atoms with Crippen molar-refractivity contribution in [3.05, 3.63) is 41.7 Å². The number of hydrogen-bond acceptors (Lipinski definition) is 3. The first-order valence-electron chi connectivity index (χ1n) is 8.38. The molecule has 0 N–H and O–H groups in total. The molecule has 3 rings (SSSR count). The molecule has 1 aliphatic carbocycles. The Hall–Kier alpha value is -1.90. The van der Waals surface area contributed by atoms with Crippen molar-refractivity contribution in [2.45, 2.75) is 46.0 Å². The fourth-order valence-corrected chi connectivity index (χ4v) is 2.99. The van der Waals surface area contributed by atoms with Crippen molar-refractivity contribution in [1.82, 2.24) is 9.97 Å². The monoisotopic (exact) mass is 296 g/mol. The van der Waals surface area contributed by atoms with Crippen LogP contribution >= 0.6 is 0 Å². The van der Waals surface area contributed by atoms with Crippen LogP contribution in [0.2, 0.25) is 0 Å². The van der Waals surface area contributed by atoms with E-state index in [1.807, 2.05) is 30.5 Å². The average molecular weight is 296 g/mol. The van der Waals surface area contributed by atoms with Crippen LogP contribution in [0.15, 0.2) is 30.5 Å². The minimum absolute atomic E-state index is 0.757. The van der Waals surface area contributed by atoms with Crippen LogP contribution in [-0.4, -0.2) is 16.6 Å². The van der Waals surface area contributed by atoms with E-state index in [1.54, 1.807) is 0 Å². The first kappa shape index (κ1) is 15.0. The summed E-state index contributed by atoms with van der Waals surface area (Å²) in [6, 6.07) is 8.09. The maximum atomic E-state index is 5.62. The van der Waals surface area contributed by atoms with Crippen LogP contribution in [0.4, 0.5) is 0 Å². The Balaban J connectivity index is 1.78. The highest BCUT2D eigenvalue weighted by molar-refractivity contribution is 5.56. The van der Waals surface area contributed by atoms with Gasteiger partial charge in [0.15, 0.2) is 5.82 Å². The summed E-state index contributed by atoms with van der Waals surface area (Å²) in [6.45, 7) is 5.14. The van der Waals surface area contributed by atoms with Gasteiger partial charge in [0.2, 0.25) is 0 Å². The molecule has 3 nitrogen and oxygen atoms in total. The third-order valence-corrected chi connectivity index (χ3v) is 4.41. The van der Waals surface area contributed by atoms with Gasteiger partial charge in [-0.25, -0.2) is 9.97 Å². The Bertz CT molecular complexity index is 622. The number of ether oxygens (including phenoxy) is 1. The third-order valence-electron chi connectivity index (χ3n) is 4.41. The lowest BCUT2D eigenvalue weighted by Gasteiger charge is -2.22. The minimum atomic E-state index is 0.757. The number of rotatable bonds is 5. The first-order valence-corrected chi connectivity index (χ1v) is 8.38. The van der Waals surface area contributed by atoms with Crippen molar-refractivity contribution in [2.75, 3.05) is 6.61 Å². The Morgan fingerprint density at radius 1 is 1.18 bits per heavy atom.